The summed E-state index contributed by atoms with van der Waals surface area (Å²) in [5, 5.41) is 1.85. The van der Waals surface area contributed by atoms with Crippen molar-refractivity contribution in [3.8, 4) is 0 Å². The zero-order valence-corrected chi connectivity index (χ0v) is 16.3. The lowest BCUT2D eigenvalue weighted by Gasteiger charge is -2.30. The van der Waals surface area contributed by atoms with Crippen LogP contribution in [0.5, 0.6) is 0 Å². The zero-order valence-electron chi connectivity index (χ0n) is 15.5. The maximum atomic E-state index is 12.6. The molecular formula is C18H17ClF3N5O3. The van der Waals surface area contributed by atoms with Gasteiger partial charge in [-0.05, 0) is 25.0 Å². The van der Waals surface area contributed by atoms with Gasteiger partial charge in [0.25, 0.3) is 5.91 Å². The van der Waals surface area contributed by atoms with Crippen LogP contribution in [-0.2, 0) is 20.5 Å². The highest BCUT2D eigenvalue weighted by Gasteiger charge is 2.32. The molecule has 2 aromatic heterocycles. The number of anilines is 2. The van der Waals surface area contributed by atoms with Crippen molar-refractivity contribution in [3.05, 3.63) is 41.3 Å². The van der Waals surface area contributed by atoms with Crippen molar-refractivity contribution in [1.82, 2.24) is 15.0 Å². The first kappa shape index (κ1) is 21.8. The van der Waals surface area contributed by atoms with Gasteiger partial charge in [-0.1, -0.05) is 11.6 Å². The molecule has 3 heterocycles. The lowest BCUT2D eigenvalue weighted by atomic mass is 9.97. The number of ether oxygens (including phenoxy) is 1. The average molecular weight is 444 g/mol. The number of pyridine rings is 1. The third-order valence-corrected chi connectivity index (χ3v) is 4.72. The summed E-state index contributed by atoms with van der Waals surface area (Å²) in [6.45, 7) is 0.544. The Kier molecular flexibility index (Phi) is 6.70. The minimum Gasteiger partial charge on any atom is -0.455 e. The monoisotopic (exact) mass is 443 g/mol. The molecule has 0 bridgehead atoms. The number of esters is 1. The van der Waals surface area contributed by atoms with Gasteiger partial charge in [-0.15, -0.1) is 0 Å². The summed E-state index contributed by atoms with van der Waals surface area (Å²) < 4.78 is 42.9. The summed E-state index contributed by atoms with van der Waals surface area (Å²) in [6, 6.07) is 2.37. The van der Waals surface area contributed by atoms with Gasteiger partial charge in [0, 0.05) is 31.7 Å². The van der Waals surface area contributed by atoms with Crippen LogP contribution >= 0.6 is 11.6 Å². The summed E-state index contributed by atoms with van der Waals surface area (Å²) in [7, 11) is 0. The van der Waals surface area contributed by atoms with Crippen LogP contribution in [0.3, 0.4) is 0 Å². The zero-order chi connectivity index (χ0) is 21.7. The molecule has 1 amide bonds. The second-order valence-electron chi connectivity index (χ2n) is 6.52. The van der Waals surface area contributed by atoms with Gasteiger partial charge in [0.2, 0.25) is 5.95 Å². The first-order valence-corrected chi connectivity index (χ1v) is 9.33. The molecular weight excluding hydrogens is 427 g/mol. The number of piperidine rings is 1. The number of rotatable bonds is 5. The van der Waals surface area contributed by atoms with Gasteiger partial charge in [0.05, 0.1) is 16.5 Å². The number of aromatic nitrogens is 3. The number of hydrogen-bond donors (Lipinski definition) is 1. The van der Waals surface area contributed by atoms with Crippen LogP contribution < -0.4 is 10.2 Å². The predicted molar refractivity (Wildman–Crippen MR) is 101 cm³/mol. The van der Waals surface area contributed by atoms with Crippen molar-refractivity contribution >= 4 is 35.2 Å². The van der Waals surface area contributed by atoms with E-state index in [9.17, 15) is 22.8 Å². The minimum atomic E-state index is -4.60. The molecule has 1 saturated heterocycles. The Labute approximate surface area is 174 Å². The molecule has 160 valence electrons. The highest BCUT2D eigenvalue weighted by atomic mass is 35.5. The van der Waals surface area contributed by atoms with E-state index in [1.807, 2.05) is 4.90 Å². The number of carbonyl (C=O) groups excluding carboxylic acids is 2. The fraction of sp³-hybridized carbons (Fsp3) is 0.389. The fourth-order valence-corrected chi connectivity index (χ4v) is 3.09. The van der Waals surface area contributed by atoms with Crippen LogP contribution in [-0.4, -0.2) is 46.5 Å². The van der Waals surface area contributed by atoms with Crippen LogP contribution in [0.25, 0.3) is 0 Å². The van der Waals surface area contributed by atoms with Gasteiger partial charge in [0.15, 0.2) is 12.4 Å². The van der Waals surface area contributed by atoms with Crippen LogP contribution in [0.2, 0.25) is 5.02 Å². The van der Waals surface area contributed by atoms with E-state index in [-0.39, 0.29) is 16.8 Å². The standard InChI is InChI=1S/C18H17ClF3N5O3/c19-13-8-12(18(20,21)22)9-25-15(13)26-14(28)10-30-16(29)11-2-6-27(7-3-11)17-23-4-1-5-24-17/h1,4-5,8-9,11H,2-3,6-7,10H2,(H,25,26,28). The molecule has 1 aliphatic rings. The van der Waals surface area contributed by atoms with Gasteiger partial charge >= 0.3 is 12.1 Å². The van der Waals surface area contributed by atoms with Crippen LogP contribution in [0.1, 0.15) is 18.4 Å². The first-order chi connectivity index (χ1) is 14.2. The van der Waals surface area contributed by atoms with E-state index in [1.165, 1.54) is 0 Å². The molecule has 0 spiro atoms. The van der Waals surface area contributed by atoms with Crippen LogP contribution in [0.15, 0.2) is 30.7 Å². The summed E-state index contributed by atoms with van der Waals surface area (Å²) in [4.78, 5) is 37.9. The van der Waals surface area contributed by atoms with E-state index >= 15 is 0 Å². The molecule has 1 fully saturated rings. The molecule has 1 aliphatic heterocycles. The summed E-state index contributed by atoms with van der Waals surface area (Å²) >= 11 is 5.73. The van der Waals surface area contributed by atoms with Crippen molar-refractivity contribution in [2.24, 2.45) is 5.92 Å². The highest BCUT2D eigenvalue weighted by Crippen LogP contribution is 2.32. The Hall–Kier alpha value is -2.95. The molecule has 12 heteroatoms. The molecule has 2 aromatic rings. The van der Waals surface area contributed by atoms with Crippen molar-refractivity contribution in [3.63, 3.8) is 0 Å². The third kappa shape index (κ3) is 5.56. The molecule has 30 heavy (non-hydrogen) atoms. The first-order valence-electron chi connectivity index (χ1n) is 8.95. The van der Waals surface area contributed by atoms with E-state index in [1.54, 1.807) is 18.5 Å². The molecule has 0 saturated carbocycles. The number of nitrogens with one attached hydrogen (secondary N) is 1. The predicted octanol–water partition coefficient (Wildman–Crippen LogP) is 2.94. The van der Waals surface area contributed by atoms with Crippen molar-refractivity contribution in [1.29, 1.82) is 0 Å². The van der Waals surface area contributed by atoms with Crippen molar-refractivity contribution < 1.29 is 27.5 Å². The van der Waals surface area contributed by atoms with Gasteiger partial charge in [-0.25, -0.2) is 15.0 Å². The van der Waals surface area contributed by atoms with Crippen molar-refractivity contribution in [2.75, 3.05) is 29.9 Å². The third-order valence-electron chi connectivity index (χ3n) is 4.44. The maximum Gasteiger partial charge on any atom is 0.417 e. The molecule has 0 aliphatic carbocycles. The number of amides is 1. The number of hydrogen-bond acceptors (Lipinski definition) is 7. The van der Waals surface area contributed by atoms with Crippen molar-refractivity contribution in [2.45, 2.75) is 19.0 Å². The van der Waals surface area contributed by atoms with Gasteiger partial charge < -0.3 is 15.0 Å². The Balaban J connectivity index is 1.45. The molecule has 1 N–H and O–H groups in total. The second-order valence-corrected chi connectivity index (χ2v) is 6.93. The SMILES string of the molecule is O=C(COC(=O)C1CCN(c2ncccn2)CC1)Nc1ncc(C(F)(F)F)cc1Cl. The molecule has 0 atom stereocenters. The molecule has 0 aromatic carbocycles. The van der Waals surface area contributed by atoms with Gasteiger partial charge in [0.1, 0.15) is 0 Å². The lowest BCUT2D eigenvalue weighted by Crippen LogP contribution is -2.38. The number of halogens is 4. The molecule has 3 rings (SSSR count). The summed E-state index contributed by atoms with van der Waals surface area (Å²) in [5.41, 5.74) is -1.04. The summed E-state index contributed by atoms with van der Waals surface area (Å²) in [5.74, 6) is -1.31. The number of nitrogens with zero attached hydrogens (tertiary/aromatic N) is 4. The highest BCUT2D eigenvalue weighted by molar-refractivity contribution is 6.33. The van der Waals surface area contributed by atoms with Gasteiger partial charge in [-0.2, -0.15) is 13.2 Å². The topological polar surface area (TPSA) is 97.3 Å². The van der Waals surface area contributed by atoms with E-state index in [0.717, 1.165) is 0 Å². The maximum absolute atomic E-state index is 12.6. The number of alkyl halides is 3. The average Bonchev–Trinajstić information content (AvgIpc) is 2.73. The lowest BCUT2D eigenvalue weighted by molar-refractivity contribution is -0.152. The summed E-state index contributed by atoms with van der Waals surface area (Å²) in [6.07, 6.45) is 0.267. The van der Waals surface area contributed by atoms with Gasteiger partial charge in [-0.3, -0.25) is 9.59 Å². The molecule has 0 unspecified atom stereocenters. The van der Waals surface area contributed by atoms with Crippen LogP contribution in [0.4, 0.5) is 24.9 Å². The second kappa shape index (κ2) is 9.24. The minimum absolute atomic E-state index is 0.248. The Bertz CT molecular complexity index is 906. The smallest absolute Gasteiger partial charge is 0.417 e. The fourth-order valence-electron chi connectivity index (χ4n) is 2.88. The Morgan fingerprint density at radius 3 is 2.47 bits per heavy atom. The van der Waals surface area contributed by atoms with E-state index < -0.39 is 30.2 Å². The molecule has 8 nitrogen and oxygen atoms in total. The Morgan fingerprint density at radius 2 is 1.87 bits per heavy atom. The Morgan fingerprint density at radius 1 is 1.20 bits per heavy atom. The number of carbonyl (C=O) groups is 2. The quantitative estimate of drug-likeness (QED) is 0.709. The van der Waals surface area contributed by atoms with Crippen LogP contribution in [0, 0.1) is 5.92 Å². The largest absolute Gasteiger partial charge is 0.455 e. The molecule has 0 radical (unpaired) electrons. The normalized spacial score (nSPS) is 15.0. The van der Waals surface area contributed by atoms with E-state index in [4.69, 9.17) is 16.3 Å². The van der Waals surface area contributed by atoms with E-state index in [0.29, 0.717) is 44.1 Å². The van der Waals surface area contributed by atoms with E-state index in [2.05, 4.69) is 20.3 Å².